The smallest absolute Gasteiger partial charge is 0.244 e. The molecule has 1 saturated heterocycles. The molecule has 1 heterocycles. The zero-order chi connectivity index (χ0) is 20.4. The first kappa shape index (κ1) is 22.8. The number of benzene rings is 1. The molecule has 0 aromatic heterocycles. The lowest BCUT2D eigenvalue weighted by Gasteiger charge is -2.32. The second-order valence-electron chi connectivity index (χ2n) is 6.34. The predicted molar refractivity (Wildman–Crippen MR) is 113 cm³/mol. The molecule has 10 heteroatoms. The summed E-state index contributed by atoms with van der Waals surface area (Å²) in [5.41, 5.74) is -1.17. The van der Waals surface area contributed by atoms with Crippen molar-refractivity contribution in [1.82, 2.24) is 9.21 Å². The van der Waals surface area contributed by atoms with Crippen molar-refractivity contribution in [2.24, 2.45) is 4.99 Å². The van der Waals surface area contributed by atoms with Gasteiger partial charge in [0, 0.05) is 32.7 Å². The minimum Gasteiger partial charge on any atom is -0.366 e. The van der Waals surface area contributed by atoms with Gasteiger partial charge >= 0.3 is 0 Å². The van der Waals surface area contributed by atoms with Gasteiger partial charge < -0.3 is 10.0 Å². The molecule has 0 saturated carbocycles. The number of halogens is 2. The number of hydrogen-bond acceptors (Lipinski definition) is 5. The molecule has 1 aliphatic rings. The van der Waals surface area contributed by atoms with Crippen molar-refractivity contribution < 1.29 is 13.5 Å². The third-order valence-corrected chi connectivity index (χ3v) is 8.39. The van der Waals surface area contributed by atoms with Crippen LogP contribution in [0.5, 0.6) is 0 Å². The second kappa shape index (κ2) is 8.88. The van der Waals surface area contributed by atoms with Crippen molar-refractivity contribution >= 4 is 50.2 Å². The molecule has 0 spiro atoms. The molecular weight excluding hydrogens is 429 g/mol. The Labute approximate surface area is 175 Å². The molecule has 1 aromatic carbocycles. The number of hydrogen-bond donors (Lipinski definition) is 1. The first-order chi connectivity index (χ1) is 12.6. The largest absolute Gasteiger partial charge is 0.366 e. The molecule has 1 unspecified atom stereocenters. The summed E-state index contributed by atoms with van der Waals surface area (Å²) in [6.07, 6.45) is 1.38. The van der Waals surface area contributed by atoms with E-state index in [1.54, 1.807) is 19.0 Å². The predicted octanol–water partition coefficient (Wildman–Crippen LogP) is 3.61. The molecular formula is C17H25Cl2N3O3S2. The Morgan fingerprint density at radius 2 is 1.85 bits per heavy atom. The first-order valence-electron chi connectivity index (χ1n) is 8.68. The van der Waals surface area contributed by atoms with Crippen LogP contribution in [0.2, 0.25) is 10.0 Å². The van der Waals surface area contributed by atoms with Crippen LogP contribution in [0.3, 0.4) is 0 Å². The van der Waals surface area contributed by atoms with E-state index in [0.29, 0.717) is 36.7 Å². The molecule has 6 nitrogen and oxygen atoms in total. The minimum absolute atomic E-state index is 0.0424. The number of rotatable bonds is 7. The topological polar surface area (TPSA) is 73.2 Å². The molecule has 152 valence electrons. The Hall–Kier alpha value is -0.510. The van der Waals surface area contributed by atoms with E-state index in [0.717, 1.165) is 0 Å². The van der Waals surface area contributed by atoms with E-state index in [-0.39, 0.29) is 20.7 Å². The monoisotopic (exact) mass is 453 g/mol. The molecule has 1 aliphatic heterocycles. The number of aliphatic hydroxyl groups is 1. The Bertz CT molecular complexity index is 827. The number of thioether (sulfide) groups is 1. The summed E-state index contributed by atoms with van der Waals surface area (Å²) < 4.78 is 27.8. The lowest BCUT2D eigenvalue weighted by atomic mass is 10.0. The lowest BCUT2D eigenvalue weighted by Crippen LogP contribution is -2.42. The van der Waals surface area contributed by atoms with Crippen molar-refractivity contribution in [3.05, 3.63) is 27.7 Å². The minimum atomic E-state index is -3.81. The Kier molecular flexibility index (Phi) is 7.49. The van der Waals surface area contributed by atoms with Crippen molar-refractivity contribution in [3.8, 4) is 0 Å². The SMILES string of the molecule is CCCN(CCC)S(=O)(=O)c1cc(C2(O)CS/C(=N\C)N2C)c(Cl)cc1Cl. The standard InChI is InChI=1S/C17H25Cl2N3O3S2/c1-5-7-22(8-6-2)27(24,25)15-9-12(13(18)10-14(15)19)17(23)11-26-16(20-3)21(17)4/h9-10,23H,5-8,11H2,1-4H3/b20-16-. The van der Waals surface area contributed by atoms with Crippen LogP contribution in [0.15, 0.2) is 22.0 Å². The average Bonchev–Trinajstić information content (AvgIpc) is 2.90. The Morgan fingerprint density at radius 3 is 2.33 bits per heavy atom. The van der Waals surface area contributed by atoms with E-state index < -0.39 is 15.7 Å². The quantitative estimate of drug-likeness (QED) is 0.682. The van der Waals surface area contributed by atoms with E-state index in [2.05, 4.69) is 4.99 Å². The molecule has 1 N–H and O–H groups in total. The number of amidine groups is 1. The van der Waals surface area contributed by atoms with E-state index in [1.165, 1.54) is 28.2 Å². The van der Waals surface area contributed by atoms with Crippen molar-refractivity contribution in [2.75, 3.05) is 32.9 Å². The van der Waals surface area contributed by atoms with E-state index >= 15 is 0 Å². The fraction of sp³-hybridized carbons (Fsp3) is 0.588. The van der Waals surface area contributed by atoms with Gasteiger partial charge in [0.25, 0.3) is 0 Å². The van der Waals surface area contributed by atoms with Crippen molar-refractivity contribution in [2.45, 2.75) is 37.3 Å². The molecule has 0 radical (unpaired) electrons. The van der Waals surface area contributed by atoms with Gasteiger partial charge in [0.05, 0.1) is 15.8 Å². The summed E-state index contributed by atoms with van der Waals surface area (Å²) in [7, 11) is -0.480. The second-order valence-corrected chi connectivity index (χ2v) is 10.0. The molecule has 2 rings (SSSR count). The van der Waals surface area contributed by atoms with Gasteiger partial charge in [0.15, 0.2) is 10.9 Å². The summed E-state index contributed by atoms with van der Waals surface area (Å²) in [5.74, 6) is 0.282. The Morgan fingerprint density at radius 1 is 1.26 bits per heavy atom. The van der Waals surface area contributed by atoms with Crippen LogP contribution in [0.25, 0.3) is 0 Å². The normalized spacial score (nSPS) is 22.2. The zero-order valence-corrected chi connectivity index (χ0v) is 19.0. The molecule has 0 amide bonds. The van der Waals surface area contributed by atoms with Crippen molar-refractivity contribution in [3.63, 3.8) is 0 Å². The van der Waals surface area contributed by atoms with Gasteiger partial charge in [0.2, 0.25) is 10.0 Å². The van der Waals surface area contributed by atoms with Crippen LogP contribution in [-0.4, -0.2) is 60.8 Å². The van der Waals surface area contributed by atoms with Gasteiger partial charge in [-0.15, -0.1) is 0 Å². The fourth-order valence-corrected chi connectivity index (χ4v) is 6.69. The molecule has 1 fully saturated rings. The van der Waals surface area contributed by atoms with Gasteiger partial charge in [-0.05, 0) is 25.0 Å². The van der Waals surface area contributed by atoms with Gasteiger partial charge in [0.1, 0.15) is 4.90 Å². The third kappa shape index (κ3) is 4.26. The summed E-state index contributed by atoms with van der Waals surface area (Å²) in [4.78, 5) is 5.69. The van der Waals surface area contributed by atoms with Crippen LogP contribution >= 0.6 is 35.0 Å². The highest BCUT2D eigenvalue weighted by atomic mass is 35.5. The number of aliphatic imine (C=N–C) groups is 1. The molecule has 0 bridgehead atoms. The lowest BCUT2D eigenvalue weighted by molar-refractivity contribution is -0.0348. The van der Waals surface area contributed by atoms with Gasteiger partial charge in [-0.3, -0.25) is 4.99 Å². The molecule has 27 heavy (non-hydrogen) atoms. The number of nitrogens with zero attached hydrogens (tertiary/aromatic N) is 3. The van der Waals surface area contributed by atoms with Crippen LogP contribution in [0, 0.1) is 0 Å². The summed E-state index contributed by atoms with van der Waals surface area (Å²) in [5, 5.41) is 12.1. The van der Waals surface area contributed by atoms with E-state index in [4.69, 9.17) is 23.2 Å². The highest BCUT2D eigenvalue weighted by molar-refractivity contribution is 8.14. The zero-order valence-electron chi connectivity index (χ0n) is 15.9. The van der Waals surface area contributed by atoms with E-state index in [1.807, 2.05) is 13.8 Å². The van der Waals surface area contributed by atoms with Gasteiger partial charge in [-0.2, -0.15) is 4.31 Å². The first-order valence-corrected chi connectivity index (χ1v) is 11.9. The highest BCUT2D eigenvalue weighted by Crippen LogP contribution is 2.43. The maximum atomic E-state index is 13.2. The summed E-state index contributed by atoms with van der Waals surface area (Å²) >= 11 is 14.0. The van der Waals surface area contributed by atoms with Crippen LogP contribution in [0.4, 0.5) is 0 Å². The number of sulfonamides is 1. The third-order valence-electron chi connectivity index (χ3n) is 4.45. The summed E-state index contributed by atoms with van der Waals surface area (Å²) in [6.45, 7) is 4.65. The van der Waals surface area contributed by atoms with Gasteiger partial charge in [-0.1, -0.05) is 48.8 Å². The highest BCUT2D eigenvalue weighted by Gasteiger charge is 2.44. The van der Waals surface area contributed by atoms with Crippen LogP contribution < -0.4 is 0 Å². The fourth-order valence-electron chi connectivity index (χ4n) is 3.01. The van der Waals surface area contributed by atoms with Crippen LogP contribution in [-0.2, 0) is 15.7 Å². The molecule has 1 aromatic rings. The van der Waals surface area contributed by atoms with Crippen LogP contribution in [0.1, 0.15) is 32.3 Å². The maximum absolute atomic E-state index is 13.2. The van der Waals surface area contributed by atoms with E-state index in [9.17, 15) is 13.5 Å². The molecule has 1 atom stereocenters. The Balaban J connectivity index is 2.60. The van der Waals surface area contributed by atoms with Crippen molar-refractivity contribution in [1.29, 1.82) is 0 Å². The molecule has 0 aliphatic carbocycles. The summed E-state index contributed by atoms with van der Waals surface area (Å²) in [6, 6.07) is 2.78. The van der Waals surface area contributed by atoms with Gasteiger partial charge in [-0.25, -0.2) is 8.42 Å². The maximum Gasteiger partial charge on any atom is 0.244 e. The average molecular weight is 454 g/mol.